The molecule has 2 aromatic heterocycles. The topological polar surface area (TPSA) is 78.9 Å². The van der Waals surface area contributed by atoms with Crippen LogP contribution < -0.4 is 4.74 Å². The van der Waals surface area contributed by atoms with Gasteiger partial charge in [0, 0.05) is 24.8 Å². The quantitative estimate of drug-likeness (QED) is 0.718. The largest absolute Gasteiger partial charge is 0.497 e. The van der Waals surface area contributed by atoms with E-state index >= 15 is 0 Å². The maximum Gasteiger partial charge on any atom is 0.416 e. The van der Waals surface area contributed by atoms with E-state index in [0.29, 0.717) is 5.89 Å². The van der Waals surface area contributed by atoms with Crippen LogP contribution in [0.3, 0.4) is 0 Å². The summed E-state index contributed by atoms with van der Waals surface area (Å²) in [6.45, 7) is 1.65. The minimum Gasteiger partial charge on any atom is -0.497 e. The Morgan fingerprint density at radius 1 is 1.20 bits per heavy atom. The van der Waals surface area contributed by atoms with E-state index in [1.165, 1.54) is 36.5 Å². The molecule has 7 nitrogen and oxygen atoms in total. The first-order valence-corrected chi connectivity index (χ1v) is 7.01. The fourth-order valence-corrected chi connectivity index (χ4v) is 2.01. The van der Waals surface area contributed by atoms with Gasteiger partial charge in [-0.2, -0.15) is 13.2 Å². The maximum atomic E-state index is 13.0. The summed E-state index contributed by atoms with van der Waals surface area (Å²) in [5.74, 6) is 0.874. The van der Waals surface area contributed by atoms with Gasteiger partial charge in [-0.1, -0.05) is 0 Å². The molecule has 0 N–H and O–H groups in total. The van der Waals surface area contributed by atoms with Crippen molar-refractivity contribution in [1.82, 2.24) is 25.0 Å². The van der Waals surface area contributed by atoms with Crippen molar-refractivity contribution in [2.45, 2.75) is 13.1 Å². The first-order valence-electron chi connectivity index (χ1n) is 7.01. The number of rotatable bonds is 4. The van der Waals surface area contributed by atoms with Gasteiger partial charge in [-0.3, -0.25) is 0 Å². The summed E-state index contributed by atoms with van der Waals surface area (Å²) in [5, 5.41) is 11.6. The highest BCUT2D eigenvalue weighted by atomic mass is 19.4. The van der Waals surface area contributed by atoms with Crippen molar-refractivity contribution in [3.8, 4) is 17.1 Å². The number of halogens is 3. The molecule has 0 saturated carbocycles. The molecule has 0 atom stereocenters. The SMILES string of the molecule is COc1cc(-c2ncn(/C=C\c3nnc(C)o3)n2)cc(C(F)(F)F)c1. The molecule has 2 heterocycles. The number of aryl methyl sites for hydroxylation is 1. The summed E-state index contributed by atoms with van der Waals surface area (Å²) in [5.41, 5.74) is -0.650. The van der Waals surface area contributed by atoms with Gasteiger partial charge in [0.1, 0.15) is 12.1 Å². The molecule has 3 aromatic rings. The van der Waals surface area contributed by atoms with E-state index in [2.05, 4.69) is 20.3 Å². The number of alkyl halides is 3. The zero-order chi connectivity index (χ0) is 18.0. The van der Waals surface area contributed by atoms with Gasteiger partial charge in [-0.05, 0) is 18.2 Å². The van der Waals surface area contributed by atoms with Crippen LogP contribution in [0.15, 0.2) is 28.9 Å². The molecular weight excluding hydrogens is 339 g/mol. The Balaban J connectivity index is 1.90. The highest BCUT2D eigenvalue weighted by molar-refractivity contribution is 5.60. The Morgan fingerprint density at radius 2 is 2.00 bits per heavy atom. The molecular formula is C15H12F3N5O2. The zero-order valence-electron chi connectivity index (χ0n) is 13.2. The standard InChI is InChI=1S/C15H12F3N5O2/c1-9-20-21-13(25-9)3-4-23-8-19-14(22-23)10-5-11(15(16,17)18)7-12(6-10)24-2/h3-8H,1-2H3/b4-3-. The number of aromatic nitrogens is 5. The van der Waals surface area contributed by atoms with E-state index in [4.69, 9.17) is 9.15 Å². The summed E-state index contributed by atoms with van der Waals surface area (Å²) < 4.78 is 50.4. The molecule has 0 fully saturated rings. The van der Waals surface area contributed by atoms with E-state index in [1.807, 2.05) is 0 Å². The lowest BCUT2D eigenvalue weighted by molar-refractivity contribution is -0.137. The fourth-order valence-electron chi connectivity index (χ4n) is 2.01. The Morgan fingerprint density at radius 3 is 2.64 bits per heavy atom. The molecule has 3 rings (SSSR count). The predicted octanol–water partition coefficient (Wildman–Crippen LogP) is 3.29. The molecule has 0 amide bonds. The van der Waals surface area contributed by atoms with Crippen LogP contribution >= 0.6 is 0 Å². The fraction of sp³-hybridized carbons (Fsp3) is 0.200. The lowest BCUT2D eigenvalue weighted by Gasteiger charge is -2.10. The second-order valence-corrected chi connectivity index (χ2v) is 4.97. The average Bonchev–Trinajstić information content (AvgIpc) is 3.20. The lowest BCUT2D eigenvalue weighted by atomic mass is 10.1. The molecule has 0 bridgehead atoms. The predicted molar refractivity (Wildman–Crippen MR) is 81.3 cm³/mol. The number of benzene rings is 1. The Bertz CT molecular complexity index is 914. The van der Waals surface area contributed by atoms with Crippen molar-refractivity contribution in [3.05, 3.63) is 41.9 Å². The third kappa shape index (κ3) is 3.84. The normalized spacial score (nSPS) is 12.0. The Labute approximate surface area is 139 Å². The van der Waals surface area contributed by atoms with Gasteiger partial charge >= 0.3 is 6.18 Å². The van der Waals surface area contributed by atoms with Crippen LogP contribution in [0.25, 0.3) is 23.7 Å². The molecule has 130 valence electrons. The van der Waals surface area contributed by atoms with Gasteiger partial charge in [0.05, 0.1) is 12.7 Å². The molecule has 1 aromatic carbocycles. The van der Waals surface area contributed by atoms with E-state index in [-0.39, 0.29) is 23.0 Å². The van der Waals surface area contributed by atoms with Crippen LogP contribution in [-0.4, -0.2) is 32.1 Å². The van der Waals surface area contributed by atoms with Crippen LogP contribution in [0.4, 0.5) is 13.2 Å². The smallest absolute Gasteiger partial charge is 0.416 e. The van der Waals surface area contributed by atoms with Gasteiger partial charge in [0.2, 0.25) is 11.8 Å². The molecule has 0 unspecified atom stereocenters. The van der Waals surface area contributed by atoms with Gasteiger partial charge in [0.15, 0.2) is 5.82 Å². The van der Waals surface area contributed by atoms with E-state index in [0.717, 1.165) is 12.1 Å². The molecule has 10 heteroatoms. The van der Waals surface area contributed by atoms with Gasteiger partial charge in [-0.15, -0.1) is 15.3 Å². The van der Waals surface area contributed by atoms with Crippen LogP contribution in [0.5, 0.6) is 5.75 Å². The number of nitrogens with zero attached hydrogens (tertiary/aromatic N) is 5. The molecule has 0 aliphatic carbocycles. The molecule has 0 saturated heterocycles. The monoisotopic (exact) mass is 351 g/mol. The number of ether oxygens (including phenoxy) is 1. The maximum absolute atomic E-state index is 13.0. The number of hydrogen-bond acceptors (Lipinski definition) is 6. The summed E-state index contributed by atoms with van der Waals surface area (Å²) in [7, 11) is 1.29. The minimum atomic E-state index is -4.50. The summed E-state index contributed by atoms with van der Waals surface area (Å²) in [6.07, 6.45) is -0.150. The van der Waals surface area contributed by atoms with Crippen LogP contribution in [0.2, 0.25) is 0 Å². The van der Waals surface area contributed by atoms with Gasteiger partial charge < -0.3 is 9.15 Å². The highest BCUT2D eigenvalue weighted by Gasteiger charge is 2.31. The summed E-state index contributed by atoms with van der Waals surface area (Å²) >= 11 is 0. The third-order valence-corrected chi connectivity index (χ3v) is 3.15. The third-order valence-electron chi connectivity index (χ3n) is 3.15. The minimum absolute atomic E-state index is 0.0676. The lowest BCUT2D eigenvalue weighted by Crippen LogP contribution is -2.05. The number of hydrogen-bond donors (Lipinski definition) is 0. The van der Waals surface area contributed by atoms with Crippen molar-refractivity contribution in [3.63, 3.8) is 0 Å². The van der Waals surface area contributed by atoms with E-state index < -0.39 is 11.7 Å². The second-order valence-electron chi connectivity index (χ2n) is 4.97. The van der Waals surface area contributed by atoms with Crippen LogP contribution in [0.1, 0.15) is 17.3 Å². The first-order chi connectivity index (χ1) is 11.8. The molecule has 0 aliphatic rings. The van der Waals surface area contributed by atoms with Crippen LogP contribution in [0, 0.1) is 6.92 Å². The van der Waals surface area contributed by atoms with Crippen molar-refractivity contribution >= 4 is 12.3 Å². The zero-order valence-corrected chi connectivity index (χ0v) is 13.2. The molecule has 25 heavy (non-hydrogen) atoms. The van der Waals surface area contributed by atoms with Crippen LogP contribution in [-0.2, 0) is 6.18 Å². The van der Waals surface area contributed by atoms with Crippen molar-refractivity contribution < 1.29 is 22.3 Å². The van der Waals surface area contributed by atoms with Crippen molar-refractivity contribution in [2.24, 2.45) is 0 Å². The summed E-state index contributed by atoms with van der Waals surface area (Å²) in [4.78, 5) is 4.01. The van der Waals surface area contributed by atoms with E-state index in [9.17, 15) is 13.2 Å². The average molecular weight is 351 g/mol. The first kappa shape index (κ1) is 16.7. The Kier molecular flexibility index (Phi) is 4.26. The van der Waals surface area contributed by atoms with E-state index in [1.54, 1.807) is 6.92 Å². The molecule has 0 radical (unpaired) electrons. The Hall–Kier alpha value is -3.17. The molecule has 0 aliphatic heterocycles. The van der Waals surface area contributed by atoms with Gasteiger partial charge in [0.25, 0.3) is 0 Å². The highest BCUT2D eigenvalue weighted by Crippen LogP contribution is 2.34. The van der Waals surface area contributed by atoms with Gasteiger partial charge in [-0.25, -0.2) is 9.67 Å². The second kappa shape index (κ2) is 6.38. The number of methoxy groups -OCH3 is 1. The summed E-state index contributed by atoms with van der Waals surface area (Å²) in [6, 6.07) is 3.31. The van der Waals surface area contributed by atoms with Crippen molar-refractivity contribution in [2.75, 3.05) is 7.11 Å². The van der Waals surface area contributed by atoms with Crippen molar-refractivity contribution in [1.29, 1.82) is 0 Å². The molecule has 0 spiro atoms.